The molecule has 0 atom stereocenters. The van der Waals surface area contributed by atoms with Crippen LogP contribution in [0.3, 0.4) is 0 Å². The van der Waals surface area contributed by atoms with E-state index in [1.165, 1.54) is 0 Å². The van der Waals surface area contributed by atoms with Gasteiger partial charge in [0, 0.05) is 78.1 Å². The molecule has 0 amide bonds. The van der Waals surface area contributed by atoms with Crippen molar-refractivity contribution in [3.05, 3.63) is 195 Å². The molecule has 6 aromatic heterocycles. The first-order chi connectivity index (χ1) is 35.3. The number of rotatable bonds is 3. The molecular weight excluding hydrogens is 1100 g/mol. The van der Waals surface area contributed by atoms with E-state index in [0.29, 0.717) is 13.4 Å². The number of hydrogen-bond donors (Lipinski definition) is 1. The highest BCUT2D eigenvalue weighted by molar-refractivity contribution is 9.11. The lowest BCUT2D eigenvalue weighted by atomic mass is 10.0. The van der Waals surface area contributed by atoms with Gasteiger partial charge in [0.25, 0.3) is 0 Å². The van der Waals surface area contributed by atoms with Crippen molar-refractivity contribution in [3.8, 4) is 16.9 Å². The quantitative estimate of drug-likeness (QED) is 0.174. The second kappa shape index (κ2) is 17.0. The molecule has 6 heterocycles. The third kappa shape index (κ3) is 7.27. The molecule has 0 bridgehead atoms. The van der Waals surface area contributed by atoms with Crippen molar-refractivity contribution in [1.29, 1.82) is 0 Å². The Morgan fingerprint density at radius 1 is 0.278 bits per heavy atom. The van der Waals surface area contributed by atoms with Crippen molar-refractivity contribution in [3.63, 3.8) is 0 Å². The van der Waals surface area contributed by atoms with E-state index in [-0.39, 0.29) is 0 Å². The second-order valence-corrected chi connectivity index (χ2v) is 20.3. The molecule has 16 rings (SSSR count). The van der Waals surface area contributed by atoms with Gasteiger partial charge < -0.3 is 36.2 Å². The summed E-state index contributed by atoms with van der Waals surface area (Å²) in [6.07, 6.45) is 0. The smallest absolute Gasteiger partial charge is 0.537 e. The van der Waals surface area contributed by atoms with E-state index < -0.39 is 0 Å². The Balaban J connectivity index is 0.000000109. The van der Waals surface area contributed by atoms with Gasteiger partial charge in [0.05, 0.1) is 0 Å². The van der Waals surface area contributed by atoms with Gasteiger partial charge in [0.2, 0.25) is 0 Å². The fourth-order valence-electron chi connectivity index (χ4n) is 9.93. The Hall–Kier alpha value is -7.74. The summed E-state index contributed by atoms with van der Waals surface area (Å²) in [5.74, 6) is 0.585. The maximum absolute atomic E-state index is 8.58. The van der Waals surface area contributed by atoms with Gasteiger partial charge in [0.1, 0.15) is 72.7 Å². The molecule has 16 aromatic rings. The summed E-state index contributed by atoms with van der Waals surface area (Å²) < 4.78 is 44.1. The zero-order chi connectivity index (χ0) is 48.2. The predicted molar refractivity (Wildman–Crippen MR) is 300 cm³/mol. The van der Waals surface area contributed by atoms with Crippen LogP contribution in [0, 0.1) is 0 Å². The van der Waals surface area contributed by atoms with Crippen LogP contribution in [-0.4, -0.2) is 12.7 Å². The maximum atomic E-state index is 8.58. The number of fused-ring (bicyclic) bond motifs is 18. The molecule has 1 radical (unpaired) electrons. The van der Waals surface area contributed by atoms with Gasteiger partial charge >= 0.3 is 7.69 Å². The lowest BCUT2D eigenvalue weighted by molar-refractivity contribution is 0.454. The molecule has 10 aromatic carbocycles. The molecule has 1 N–H and O–H groups in total. The van der Waals surface area contributed by atoms with E-state index in [1.807, 2.05) is 91.0 Å². The molecule has 8 nitrogen and oxygen atoms in total. The van der Waals surface area contributed by atoms with Gasteiger partial charge in [-0.1, -0.05) is 96.3 Å². The molecule has 0 saturated carbocycles. The van der Waals surface area contributed by atoms with Crippen LogP contribution in [0.15, 0.2) is 222 Å². The van der Waals surface area contributed by atoms with Crippen molar-refractivity contribution < 1.29 is 36.2 Å². The highest BCUT2D eigenvalue weighted by atomic mass is 79.9. The SMILES string of the molecule is Brc1ccc2oc3cc4c(cc3c2c1)oc1ccc(-c2ccc3oc5ccccc5c3c2)cc14.Brc1ccc2oc3cc4c(cc3c2c1)oc1ccc(Br)cc14.O[B]Oc1ccc2oc3ccccc3c2c1. The largest absolute Gasteiger partial charge is 0.569 e. The van der Waals surface area contributed by atoms with Crippen molar-refractivity contribution in [1.82, 2.24) is 0 Å². The summed E-state index contributed by atoms with van der Waals surface area (Å²) in [5, 5.41) is 21.5. The minimum absolute atomic E-state index is 0.585. The summed E-state index contributed by atoms with van der Waals surface area (Å²) in [4.78, 5) is 0. The van der Waals surface area contributed by atoms with Crippen molar-refractivity contribution in [2.45, 2.75) is 0 Å². The van der Waals surface area contributed by atoms with Gasteiger partial charge in [-0.25, -0.2) is 0 Å². The Kier molecular flexibility index (Phi) is 10.1. The first kappa shape index (κ1) is 43.1. The molecule has 0 spiro atoms. The minimum Gasteiger partial charge on any atom is -0.537 e. The molecule has 12 heteroatoms. The van der Waals surface area contributed by atoms with E-state index in [4.69, 9.17) is 36.2 Å². The fraction of sp³-hybridized carbons (Fsp3) is 0. The van der Waals surface area contributed by atoms with Crippen LogP contribution >= 0.6 is 47.8 Å². The third-order valence-corrected chi connectivity index (χ3v) is 14.7. The van der Waals surface area contributed by atoms with Crippen molar-refractivity contribution >= 4 is 187 Å². The lowest BCUT2D eigenvalue weighted by Gasteiger charge is -2.02. The molecule has 343 valence electrons. The Morgan fingerprint density at radius 2 is 0.569 bits per heavy atom. The summed E-state index contributed by atoms with van der Waals surface area (Å²) in [6.45, 7) is 0. The number of benzene rings is 10. The first-order valence-electron chi connectivity index (χ1n) is 22.9. The van der Waals surface area contributed by atoms with Gasteiger partial charge in [-0.3, -0.25) is 0 Å². The molecule has 0 unspecified atom stereocenters. The Bertz CT molecular complexity index is 4740. The number of furan rings is 6. The van der Waals surface area contributed by atoms with Gasteiger partial charge in [-0.15, -0.1) is 0 Å². The van der Waals surface area contributed by atoms with Crippen LogP contribution in [0.5, 0.6) is 5.75 Å². The molecule has 0 saturated heterocycles. The summed E-state index contributed by atoms with van der Waals surface area (Å²) in [6, 6.07) is 60.6. The third-order valence-electron chi connectivity index (χ3n) is 13.3. The summed E-state index contributed by atoms with van der Waals surface area (Å²) in [5.41, 5.74) is 12.7. The van der Waals surface area contributed by atoms with Crippen LogP contribution in [0.4, 0.5) is 0 Å². The van der Waals surface area contributed by atoms with Crippen LogP contribution in [0.25, 0.3) is 143 Å². The Labute approximate surface area is 432 Å². The second-order valence-electron chi connectivity index (χ2n) is 17.5. The van der Waals surface area contributed by atoms with E-state index in [0.717, 1.165) is 156 Å². The molecule has 0 aliphatic rings. The zero-order valence-electron chi connectivity index (χ0n) is 37.3. The summed E-state index contributed by atoms with van der Waals surface area (Å²) in [7, 11) is 0.670. The molecule has 0 aliphatic heterocycles. The van der Waals surface area contributed by atoms with E-state index in [2.05, 4.69) is 133 Å². The highest BCUT2D eigenvalue weighted by Gasteiger charge is 2.17. The van der Waals surface area contributed by atoms with Gasteiger partial charge in [-0.05, 0) is 145 Å². The van der Waals surface area contributed by atoms with Crippen LogP contribution < -0.4 is 4.65 Å². The predicted octanol–water partition coefficient (Wildman–Crippen LogP) is 19.3. The number of halogens is 3. The van der Waals surface area contributed by atoms with Gasteiger partial charge in [0.15, 0.2) is 0 Å². The van der Waals surface area contributed by atoms with Crippen molar-refractivity contribution in [2.24, 2.45) is 0 Å². The molecule has 0 aliphatic carbocycles. The lowest BCUT2D eigenvalue weighted by Crippen LogP contribution is -1.98. The first-order valence-corrected chi connectivity index (χ1v) is 25.2. The van der Waals surface area contributed by atoms with E-state index in [9.17, 15) is 0 Å². The minimum atomic E-state index is 0.585. The van der Waals surface area contributed by atoms with Crippen LogP contribution in [0.1, 0.15) is 0 Å². The van der Waals surface area contributed by atoms with Gasteiger partial charge in [-0.2, -0.15) is 0 Å². The summed E-state index contributed by atoms with van der Waals surface area (Å²) >= 11 is 10.6. The standard InChI is InChI=1S/C30H15BrO3.C18H8Br2O2.C12H8BO3/c31-18-7-10-28-22(13-18)24-15-29-23(14-30(24)34-28)21-12-17(6-9-27(21)33-29)16-5-8-26-20(11-16)19-3-1-2-4-25(19)32-26;19-9-1-3-15-11(5-9)13-7-18-14(8-17(13)21-15)12-6-10(20)2-4-16(12)22-18;14-13-16-8-5-6-12-10(7-8)9-3-1-2-4-11(9)15-12/h1-15H;1-8H;1-7,14H. The van der Waals surface area contributed by atoms with Crippen molar-refractivity contribution in [2.75, 3.05) is 0 Å². The maximum Gasteiger partial charge on any atom is 0.569 e. The average Bonchev–Trinajstić information content (AvgIpc) is 4.26. The molecule has 72 heavy (non-hydrogen) atoms. The van der Waals surface area contributed by atoms with E-state index in [1.54, 1.807) is 6.07 Å². The topological polar surface area (TPSA) is 108 Å². The molecule has 0 fully saturated rings. The average molecular weight is 1130 g/mol. The zero-order valence-corrected chi connectivity index (χ0v) is 42.1. The number of hydrogen-bond acceptors (Lipinski definition) is 8. The van der Waals surface area contributed by atoms with E-state index >= 15 is 0 Å². The van der Waals surface area contributed by atoms with Crippen LogP contribution in [-0.2, 0) is 0 Å². The van der Waals surface area contributed by atoms with Crippen LogP contribution in [0.2, 0.25) is 0 Å². The Morgan fingerprint density at radius 3 is 0.972 bits per heavy atom. The highest BCUT2D eigenvalue weighted by Crippen LogP contribution is 2.41. The fourth-order valence-corrected chi connectivity index (χ4v) is 11.0. The molecular formula is C60H31BBr3O8. The monoisotopic (exact) mass is 1130 g/mol. The number of para-hydroxylation sites is 2. The normalized spacial score (nSPS) is 11.9.